The van der Waals surface area contributed by atoms with E-state index in [4.69, 9.17) is 4.74 Å². The van der Waals surface area contributed by atoms with Crippen LogP contribution in [0.4, 0.5) is 4.39 Å². The number of ketones is 1. The molecule has 130 valence electrons. The number of pyridine rings is 1. The molecule has 0 saturated carbocycles. The number of Topliss-reactive ketones (excluding diaryl/α,β-unsaturated/α-hetero) is 1. The van der Waals surface area contributed by atoms with Gasteiger partial charge in [0.1, 0.15) is 5.82 Å². The summed E-state index contributed by atoms with van der Waals surface area (Å²) in [5, 5.41) is 0. The van der Waals surface area contributed by atoms with Crippen LogP contribution in [-0.2, 0) is 4.74 Å². The zero-order chi connectivity index (χ0) is 18.5. The third-order valence-electron chi connectivity index (χ3n) is 3.88. The fourth-order valence-corrected chi connectivity index (χ4v) is 2.47. The second kappa shape index (κ2) is 7.70. The molecule has 2 aromatic carbocycles. The zero-order valence-corrected chi connectivity index (χ0v) is 14.1. The Kier molecular flexibility index (Phi) is 5.17. The second-order valence-corrected chi connectivity index (χ2v) is 5.70. The molecule has 0 amide bonds. The van der Waals surface area contributed by atoms with Crippen molar-refractivity contribution in [1.29, 1.82) is 0 Å². The summed E-state index contributed by atoms with van der Waals surface area (Å²) in [6.07, 6.45) is 0. The molecular formula is C21H16FNO3. The minimum atomic E-state index is -0.620. The summed E-state index contributed by atoms with van der Waals surface area (Å²) in [6.45, 7) is 1.30. The average molecular weight is 349 g/mol. The van der Waals surface area contributed by atoms with Gasteiger partial charge < -0.3 is 4.74 Å². The van der Waals surface area contributed by atoms with Crippen LogP contribution in [0, 0.1) is 12.7 Å². The molecule has 26 heavy (non-hydrogen) atoms. The maximum Gasteiger partial charge on any atom is 0.340 e. The van der Waals surface area contributed by atoms with E-state index in [1.165, 1.54) is 24.3 Å². The Bertz CT molecular complexity index is 937. The van der Waals surface area contributed by atoms with Gasteiger partial charge in [0.25, 0.3) is 0 Å². The molecule has 4 nitrogen and oxygen atoms in total. The van der Waals surface area contributed by atoms with Gasteiger partial charge in [-0.1, -0.05) is 30.3 Å². The molecule has 0 N–H and O–H groups in total. The molecular weight excluding hydrogens is 333 g/mol. The molecule has 0 bridgehead atoms. The SMILES string of the molecule is Cc1nc(-c2ccccc2)ccc1C(=O)OCC(=O)c1ccc(F)cc1. The summed E-state index contributed by atoms with van der Waals surface area (Å²) in [5.41, 5.74) is 2.81. The molecule has 0 unspecified atom stereocenters. The first-order chi connectivity index (χ1) is 12.5. The van der Waals surface area contributed by atoms with Crippen molar-refractivity contribution in [2.75, 3.05) is 6.61 Å². The standard InChI is InChI=1S/C21H16FNO3/c1-14-18(11-12-19(23-14)15-5-3-2-4-6-15)21(25)26-13-20(24)16-7-9-17(22)10-8-16/h2-12H,13H2,1H3. The van der Waals surface area contributed by atoms with Crippen LogP contribution in [0.15, 0.2) is 66.7 Å². The molecule has 0 saturated heterocycles. The maximum absolute atomic E-state index is 12.9. The number of hydrogen-bond donors (Lipinski definition) is 0. The Morgan fingerprint density at radius 2 is 1.65 bits per heavy atom. The molecule has 1 aromatic heterocycles. The van der Waals surface area contributed by atoms with Gasteiger partial charge in [-0.05, 0) is 43.3 Å². The van der Waals surface area contributed by atoms with Gasteiger partial charge in [-0.2, -0.15) is 0 Å². The fourth-order valence-electron chi connectivity index (χ4n) is 2.47. The molecule has 0 aliphatic carbocycles. The number of nitrogens with zero attached hydrogens (tertiary/aromatic N) is 1. The van der Waals surface area contributed by atoms with Gasteiger partial charge in [0, 0.05) is 11.1 Å². The van der Waals surface area contributed by atoms with E-state index in [-0.39, 0.29) is 5.56 Å². The maximum atomic E-state index is 12.9. The molecule has 3 aromatic rings. The van der Waals surface area contributed by atoms with Crippen LogP contribution < -0.4 is 0 Å². The number of esters is 1. The van der Waals surface area contributed by atoms with Crippen molar-refractivity contribution in [3.05, 3.63) is 89.4 Å². The van der Waals surface area contributed by atoms with Crippen molar-refractivity contribution >= 4 is 11.8 Å². The highest BCUT2D eigenvalue weighted by molar-refractivity contribution is 5.99. The topological polar surface area (TPSA) is 56.3 Å². The summed E-state index contributed by atoms with van der Waals surface area (Å²) in [4.78, 5) is 28.7. The van der Waals surface area contributed by atoms with E-state index in [0.717, 1.165) is 11.3 Å². The number of hydrogen-bond acceptors (Lipinski definition) is 4. The first-order valence-corrected chi connectivity index (χ1v) is 8.03. The van der Waals surface area contributed by atoms with E-state index < -0.39 is 24.2 Å². The quantitative estimate of drug-likeness (QED) is 0.511. The summed E-state index contributed by atoms with van der Waals surface area (Å²) < 4.78 is 18.0. The Hall–Kier alpha value is -3.34. The molecule has 0 spiro atoms. The van der Waals surface area contributed by atoms with Crippen LogP contribution in [0.3, 0.4) is 0 Å². The number of benzene rings is 2. The number of ether oxygens (including phenoxy) is 1. The summed E-state index contributed by atoms with van der Waals surface area (Å²) in [5.74, 6) is -1.45. The number of aryl methyl sites for hydroxylation is 1. The Morgan fingerprint density at radius 3 is 2.31 bits per heavy atom. The molecule has 3 rings (SSSR count). The number of carbonyl (C=O) groups excluding carboxylic acids is 2. The molecule has 5 heteroatoms. The van der Waals surface area contributed by atoms with Gasteiger partial charge in [0.15, 0.2) is 12.4 Å². The third kappa shape index (κ3) is 4.00. The highest BCUT2D eigenvalue weighted by atomic mass is 19.1. The zero-order valence-electron chi connectivity index (χ0n) is 14.1. The highest BCUT2D eigenvalue weighted by Gasteiger charge is 2.15. The van der Waals surface area contributed by atoms with Gasteiger partial charge in [-0.3, -0.25) is 9.78 Å². The monoisotopic (exact) mass is 349 g/mol. The van der Waals surface area contributed by atoms with Crippen molar-refractivity contribution in [1.82, 2.24) is 4.98 Å². The van der Waals surface area contributed by atoms with Crippen LogP contribution in [0.2, 0.25) is 0 Å². The van der Waals surface area contributed by atoms with E-state index in [2.05, 4.69) is 4.98 Å². The summed E-state index contributed by atoms with van der Waals surface area (Å²) in [7, 11) is 0. The van der Waals surface area contributed by atoms with Crippen LogP contribution in [0.25, 0.3) is 11.3 Å². The molecule has 1 heterocycles. The van der Waals surface area contributed by atoms with Gasteiger partial charge in [0.2, 0.25) is 0 Å². The molecule has 0 radical (unpaired) electrons. The number of halogens is 1. The summed E-state index contributed by atoms with van der Waals surface area (Å²) in [6, 6.07) is 18.1. The molecule has 0 aliphatic heterocycles. The van der Waals surface area contributed by atoms with Crippen LogP contribution in [-0.4, -0.2) is 23.3 Å². The predicted molar refractivity (Wildman–Crippen MR) is 95.4 cm³/mol. The van der Waals surface area contributed by atoms with E-state index in [1.54, 1.807) is 19.1 Å². The van der Waals surface area contributed by atoms with Gasteiger partial charge >= 0.3 is 5.97 Å². The van der Waals surface area contributed by atoms with Crippen LogP contribution >= 0.6 is 0 Å². The highest BCUT2D eigenvalue weighted by Crippen LogP contribution is 2.19. The lowest BCUT2D eigenvalue weighted by Crippen LogP contribution is -2.15. The minimum Gasteiger partial charge on any atom is -0.454 e. The normalized spacial score (nSPS) is 10.4. The summed E-state index contributed by atoms with van der Waals surface area (Å²) >= 11 is 0. The van der Waals surface area contributed by atoms with Crippen molar-refractivity contribution in [3.63, 3.8) is 0 Å². The molecule has 0 atom stereocenters. The van der Waals surface area contributed by atoms with Crippen molar-refractivity contribution in [2.45, 2.75) is 6.92 Å². The first-order valence-electron chi connectivity index (χ1n) is 8.03. The van der Waals surface area contributed by atoms with Crippen LogP contribution in [0.1, 0.15) is 26.4 Å². The molecule has 0 aliphatic rings. The van der Waals surface area contributed by atoms with E-state index >= 15 is 0 Å². The van der Waals surface area contributed by atoms with E-state index in [0.29, 0.717) is 11.3 Å². The Morgan fingerprint density at radius 1 is 0.962 bits per heavy atom. The van der Waals surface area contributed by atoms with Crippen molar-refractivity contribution in [3.8, 4) is 11.3 Å². The largest absolute Gasteiger partial charge is 0.454 e. The van der Waals surface area contributed by atoms with Crippen molar-refractivity contribution < 1.29 is 18.7 Å². The Balaban J connectivity index is 1.68. The first kappa shape index (κ1) is 17.5. The van der Waals surface area contributed by atoms with Crippen LogP contribution in [0.5, 0.6) is 0 Å². The lowest BCUT2D eigenvalue weighted by molar-refractivity contribution is 0.0473. The smallest absolute Gasteiger partial charge is 0.340 e. The van der Waals surface area contributed by atoms with Gasteiger partial charge in [-0.25, -0.2) is 9.18 Å². The van der Waals surface area contributed by atoms with E-state index in [9.17, 15) is 14.0 Å². The van der Waals surface area contributed by atoms with Gasteiger partial charge in [0.05, 0.1) is 17.0 Å². The Labute approximate surface area is 150 Å². The van der Waals surface area contributed by atoms with Gasteiger partial charge in [-0.15, -0.1) is 0 Å². The second-order valence-electron chi connectivity index (χ2n) is 5.70. The number of rotatable bonds is 5. The molecule has 0 fully saturated rings. The number of carbonyl (C=O) groups is 2. The average Bonchev–Trinajstić information content (AvgIpc) is 2.67. The van der Waals surface area contributed by atoms with Crippen molar-refractivity contribution in [2.24, 2.45) is 0 Å². The lowest BCUT2D eigenvalue weighted by Gasteiger charge is -2.08. The third-order valence-corrected chi connectivity index (χ3v) is 3.88. The lowest BCUT2D eigenvalue weighted by atomic mass is 10.1. The van der Waals surface area contributed by atoms with E-state index in [1.807, 2.05) is 30.3 Å². The minimum absolute atomic E-state index is 0.286. The fraction of sp³-hybridized carbons (Fsp3) is 0.0952. The number of aromatic nitrogens is 1. The predicted octanol–water partition coefficient (Wildman–Crippen LogP) is 4.24.